The van der Waals surface area contributed by atoms with Crippen LogP contribution in [-0.2, 0) is 6.42 Å². The van der Waals surface area contributed by atoms with Gasteiger partial charge in [0.1, 0.15) is 0 Å². The van der Waals surface area contributed by atoms with Gasteiger partial charge in [-0.3, -0.25) is 4.98 Å². The second kappa shape index (κ2) is 5.47. The number of nitrogens with zero attached hydrogens (tertiary/aromatic N) is 1. The van der Waals surface area contributed by atoms with Gasteiger partial charge in [-0.05, 0) is 53.7 Å². The summed E-state index contributed by atoms with van der Waals surface area (Å²) >= 11 is 3.35. The Morgan fingerprint density at radius 3 is 2.64 bits per heavy atom. The number of pyridine rings is 1. The SMILES string of the molecule is CC(O)CC(C)Cc1ccc(Br)cn1. The Labute approximate surface area is 93.5 Å². The third-order valence-corrected chi connectivity index (χ3v) is 2.56. The quantitative estimate of drug-likeness (QED) is 0.900. The largest absolute Gasteiger partial charge is 0.393 e. The Balaban J connectivity index is 2.47. The molecular formula is C11H16BrNO. The minimum Gasteiger partial charge on any atom is -0.393 e. The zero-order valence-electron chi connectivity index (χ0n) is 8.57. The van der Waals surface area contributed by atoms with Gasteiger partial charge in [0.15, 0.2) is 0 Å². The highest BCUT2D eigenvalue weighted by Crippen LogP contribution is 2.14. The molecule has 0 saturated carbocycles. The first-order chi connectivity index (χ1) is 6.58. The fourth-order valence-electron chi connectivity index (χ4n) is 1.55. The molecule has 1 rings (SSSR count). The molecular weight excluding hydrogens is 242 g/mol. The summed E-state index contributed by atoms with van der Waals surface area (Å²) in [5.74, 6) is 0.476. The van der Waals surface area contributed by atoms with E-state index in [2.05, 4.69) is 27.8 Å². The Kier molecular flexibility index (Phi) is 4.55. The third-order valence-electron chi connectivity index (χ3n) is 2.09. The maximum absolute atomic E-state index is 9.22. The molecule has 0 aliphatic heterocycles. The molecule has 2 unspecified atom stereocenters. The van der Waals surface area contributed by atoms with Gasteiger partial charge >= 0.3 is 0 Å². The molecule has 2 nitrogen and oxygen atoms in total. The number of aliphatic hydroxyl groups is 1. The maximum atomic E-state index is 9.22. The Hall–Kier alpha value is -0.410. The number of hydrogen-bond acceptors (Lipinski definition) is 2. The zero-order chi connectivity index (χ0) is 10.6. The van der Waals surface area contributed by atoms with Crippen LogP contribution in [0.3, 0.4) is 0 Å². The van der Waals surface area contributed by atoms with Crippen molar-refractivity contribution in [3.63, 3.8) is 0 Å². The molecule has 1 N–H and O–H groups in total. The molecule has 0 fully saturated rings. The van der Waals surface area contributed by atoms with Gasteiger partial charge in [-0.1, -0.05) is 6.92 Å². The van der Waals surface area contributed by atoms with E-state index in [1.54, 1.807) is 0 Å². The van der Waals surface area contributed by atoms with Crippen molar-refractivity contribution in [2.24, 2.45) is 5.92 Å². The molecule has 0 amide bonds. The van der Waals surface area contributed by atoms with E-state index >= 15 is 0 Å². The molecule has 14 heavy (non-hydrogen) atoms. The minimum atomic E-state index is -0.222. The Morgan fingerprint density at radius 1 is 1.43 bits per heavy atom. The van der Waals surface area contributed by atoms with Crippen LogP contribution < -0.4 is 0 Å². The third kappa shape index (κ3) is 4.20. The van der Waals surface area contributed by atoms with Gasteiger partial charge in [0.25, 0.3) is 0 Å². The maximum Gasteiger partial charge on any atom is 0.0514 e. The van der Waals surface area contributed by atoms with Crippen molar-refractivity contribution >= 4 is 15.9 Å². The molecule has 3 heteroatoms. The lowest BCUT2D eigenvalue weighted by molar-refractivity contribution is 0.164. The zero-order valence-corrected chi connectivity index (χ0v) is 10.2. The molecule has 1 heterocycles. The molecule has 2 atom stereocenters. The van der Waals surface area contributed by atoms with Crippen molar-refractivity contribution in [2.75, 3.05) is 0 Å². The molecule has 0 aromatic carbocycles. The van der Waals surface area contributed by atoms with Crippen LogP contribution in [0, 0.1) is 5.92 Å². The highest BCUT2D eigenvalue weighted by atomic mass is 79.9. The Bertz CT molecular complexity index is 271. The fraction of sp³-hybridized carbons (Fsp3) is 0.545. The summed E-state index contributed by atoms with van der Waals surface area (Å²) in [6.07, 6.45) is 3.35. The van der Waals surface area contributed by atoms with Crippen molar-refractivity contribution in [3.8, 4) is 0 Å². The summed E-state index contributed by atoms with van der Waals surface area (Å²) < 4.78 is 1.00. The molecule has 0 saturated heterocycles. The van der Waals surface area contributed by atoms with E-state index in [-0.39, 0.29) is 6.10 Å². The van der Waals surface area contributed by atoms with Crippen molar-refractivity contribution < 1.29 is 5.11 Å². The van der Waals surface area contributed by atoms with Crippen LogP contribution in [0.15, 0.2) is 22.8 Å². The van der Waals surface area contributed by atoms with E-state index in [1.165, 1.54) is 0 Å². The average molecular weight is 258 g/mol. The highest BCUT2D eigenvalue weighted by molar-refractivity contribution is 9.10. The minimum absolute atomic E-state index is 0.222. The van der Waals surface area contributed by atoms with Gasteiger partial charge in [0, 0.05) is 16.4 Å². The lowest BCUT2D eigenvalue weighted by Crippen LogP contribution is -2.10. The summed E-state index contributed by atoms with van der Waals surface area (Å²) in [5, 5.41) is 9.22. The molecule has 78 valence electrons. The van der Waals surface area contributed by atoms with E-state index in [4.69, 9.17) is 0 Å². The van der Waals surface area contributed by atoms with Gasteiger partial charge in [0.05, 0.1) is 6.10 Å². The first-order valence-electron chi connectivity index (χ1n) is 4.86. The predicted octanol–water partition coefficient (Wildman–Crippen LogP) is 2.79. The van der Waals surface area contributed by atoms with Crippen LogP contribution in [-0.4, -0.2) is 16.2 Å². The van der Waals surface area contributed by atoms with Crippen LogP contribution in [0.4, 0.5) is 0 Å². The standard InChI is InChI=1S/C11H16BrNO/c1-8(5-9(2)14)6-11-4-3-10(12)7-13-11/h3-4,7-9,14H,5-6H2,1-2H3. The predicted molar refractivity (Wildman–Crippen MR) is 61.1 cm³/mol. The smallest absolute Gasteiger partial charge is 0.0514 e. The van der Waals surface area contributed by atoms with Gasteiger partial charge < -0.3 is 5.11 Å². The number of aromatic nitrogens is 1. The van der Waals surface area contributed by atoms with Crippen LogP contribution >= 0.6 is 15.9 Å². The lowest BCUT2D eigenvalue weighted by Gasteiger charge is -2.12. The molecule has 0 radical (unpaired) electrons. The van der Waals surface area contributed by atoms with Gasteiger partial charge in [-0.2, -0.15) is 0 Å². The topological polar surface area (TPSA) is 33.1 Å². The highest BCUT2D eigenvalue weighted by Gasteiger charge is 2.07. The second-order valence-electron chi connectivity index (χ2n) is 3.86. The average Bonchev–Trinajstić information content (AvgIpc) is 2.07. The first-order valence-corrected chi connectivity index (χ1v) is 5.65. The van der Waals surface area contributed by atoms with Crippen molar-refractivity contribution in [3.05, 3.63) is 28.5 Å². The second-order valence-corrected chi connectivity index (χ2v) is 4.78. The molecule has 1 aromatic heterocycles. The normalized spacial score (nSPS) is 15.1. The Morgan fingerprint density at radius 2 is 2.14 bits per heavy atom. The molecule has 0 aliphatic rings. The van der Waals surface area contributed by atoms with Crippen molar-refractivity contribution in [1.82, 2.24) is 4.98 Å². The van der Waals surface area contributed by atoms with Crippen molar-refractivity contribution in [2.45, 2.75) is 32.8 Å². The van der Waals surface area contributed by atoms with Gasteiger partial charge in [-0.15, -0.1) is 0 Å². The van der Waals surface area contributed by atoms with Gasteiger partial charge in [-0.25, -0.2) is 0 Å². The fourth-order valence-corrected chi connectivity index (χ4v) is 1.78. The van der Waals surface area contributed by atoms with E-state index in [0.29, 0.717) is 5.92 Å². The summed E-state index contributed by atoms with van der Waals surface area (Å²) in [6.45, 7) is 3.96. The lowest BCUT2D eigenvalue weighted by atomic mass is 9.99. The number of halogens is 1. The van der Waals surface area contributed by atoms with Gasteiger partial charge in [0.2, 0.25) is 0 Å². The number of rotatable bonds is 4. The number of hydrogen-bond donors (Lipinski definition) is 1. The molecule has 0 aliphatic carbocycles. The summed E-state index contributed by atoms with van der Waals surface area (Å²) in [5.41, 5.74) is 1.08. The van der Waals surface area contributed by atoms with E-state index in [9.17, 15) is 5.11 Å². The summed E-state index contributed by atoms with van der Waals surface area (Å²) in [4.78, 5) is 4.30. The van der Waals surface area contributed by atoms with Crippen LogP contribution in [0.5, 0.6) is 0 Å². The van der Waals surface area contributed by atoms with Crippen LogP contribution in [0.1, 0.15) is 26.0 Å². The van der Waals surface area contributed by atoms with Crippen molar-refractivity contribution in [1.29, 1.82) is 0 Å². The van der Waals surface area contributed by atoms with E-state index in [1.807, 2.05) is 25.3 Å². The first kappa shape index (κ1) is 11.7. The number of aliphatic hydroxyl groups excluding tert-OH is 1. The van der Waals surface area contributed by atoms with Crippen LogP contribution in [0.25, 0.3) is 0 Å². The summed E-state index contributed by atoms with van der Waals surface area (Å²) in [7, 11) is 0. The van der Waals surface area contributed by atoms with E-state index in [0.717, 1.165) is 23.0 Å². The summed E-state index contributed by atoms with van der Waals surface area (Å²) in [6, 6.07) is 4.01. The van der Waals surface area contributed by atoms with E-state index < -0.39 is 0 Å². The van der Waals surface area contributed by atoms with Crippen LogP contribution in [0.2, 0.25) is 0 Å². The molecule has 0 spiro atoms. The molecule has 0 bridgehead atoms. The monoisotopic (exact) mass is 257 g/mol. The molecule has 1 aromatic rings.